The smallest absolute Gasteiger partial charge is 0.156 e. The molecule has 2 nitrogen and oxygen atoms in total. The van der Waals surface area contributed by atoms with Gasteiger partial charge in [-0.2, -0.15) is 0 Å². The highest BCUT2D eigenvalue weighted by molar-refractivity contribution is 6.01. The lowest BCUT2D eigenvalue weighted by Gasteiger charge is -2.17. The lowest BCUT2D eigenvalue weighted by atomic mass is 9.90. The molecular weight excluding hydrogens is 308 g/mol. The Bertz CT molecular complexity index is 770. The van der Waals surface area contributed by atoms with Crippen molar-refractivity contribution >= 4 is 11.4 Å². The molecule has 0 saturated carbocycles. The van der Waals surface area contributed by atoms with Crippen molar-refractivity contribution in [2.45, 2.75) is 47.0 Å². The van der Waals surface area contributed by atoms with Gasteiger partial charge in [0.1, 0.15) is 5.75 Å². The monoisotopic (exact) mass is 336 g/mol. The zero-order chi connectivity index (χ0) is 18.4. The first-order valence-electron chi connectivity index (χ1n) is 8.90. The average Bonchev–Trinajstić information content (AvgIpc) is 2.61. The minimum Gasteiger partial charge on any atom is -0.496 e. The molecule has 0 atom stereocenters. The van der Waals surface area contributed by atoms with Crippen LogP contribution in [0, 0.1) is 6.92 Å². The third-order valence-electron chi connectivity index (χ3n) is 4.75. The fourth-order valence-corrected chi connectivity index (χ4v) is 3.36. The van der Waals surface area contributed by atoms with Gasteiger partial charge in [0.2, 0.25) is 0 Å². The van der Waals surface area contributed by atoms with E-state index < -0.39 is 0 Å². The van der Waals surface area contributed by atoms with Crippen LogP contribution in [-0.4, -0.2) is 12.9 Å². The molecule has 132 valence electrons. The molecule has 0 spiro atoms. The van der Waals surface area contributed by atoms with Gasteiger partial charge in [-0.3, -0.25) is 4.79 Å². The lowest BCUT2D eigenvalue weighted by molar-refractivity contribution is -0.113. The number of rotatable bonds is 7. The minimum atomic E-state index is 0.134. The normalized spacial score (nSPS) is 11.9. The van der Waals surface area contributed by atoms with E-state index in [1.807, 2.05) is 25.1 Å². The number of hydrogen-bond donors (Lipinski definition) is 0. The van der Waals surface area contributed by atoms with Gasteiger partial charge >= 0.3 is 0 Å². The fourth-order valence-electron chi connectivity index (χ4n) is 3.36. The van der Waals surface area contributed by atoms with Gasteiger partial charge in [-0.15, -0.1) is 0 Å². The molecule has 0 aromatic heterocycles. The summed E-state index contributed by atoms with van der Waals surface area (Å²) in [6.45, 7) is 7.93. The predicted molar refractivity (Wildman–Crippen MR) is 105 cm³/mol. The molecular formula is C23H28O2. The standard InChI is InChI=1S/C23H28O2/c1-6-19-14-16(2)23(22(15-19)25-5)17(3)21(18(4)24)13-12-20-10-8-7-9-11-20/h7-11,14-15H,6,12-13H2,1-5H3/b21-17-. The van der Waals surface area contributed by atoms with Crippen molar-refractivity contribution in [2.24, 2.45) is 0 Å². The SMILES string of the molecule is CCc1cc(C)c(/C(C)=C(/CCc2ccccc2)C(C)=O)c(OC)c1. The third-order valence-corrected chi connectivity index (χ3v) is 4.75. The molecule has 0 unspecified atom stereocenters. The Hall–Kier alpha value is -2.35. The second kappa shape index (κ2) is 8.66. The van der Waals surface area contributed by atoms with Crippen LogP contribution in [0.15, 0.2) is 48.0 Å². The number of carbonyl (C=O) groups excluding carboxylic acids is 1. The summed E-state index contributed by atoms with van der Waals surface area (Å²) in [5.74, 6) is 0.988. The van der Waals surface area contributed by atoms with E-state index in [0.717, 1.165) is 47.3 Å². The van der Waals surface area contributed by atoms with Crippen LogP contribution in [-0.2, 0) is 17.6 Å². The summed E-state index contributed by atoms with van der Waals surface area (Å²) >= 11 is 0. The number of hydrogen-bond acceptors (Lipinski definition) is 2. The molecule has 2 aromatic carbocycles. The summed E-state index contributed by atoms with van der Waals surface area (Å²) in [6, 6.07) is 14.6. The van der Waals surface area contributed by atoms with Crippen LogP contribution in [0.3, 0.4) is 0 Å². The molecule has 0 bridgehead atoms. The number of Topliss-reactive ketones (excluding diaryl/α,β-unsaturated/α-hetero) is 1. The highest BCUT2D eigenvalue weighted by atomic mass is 16.5. The van der Waals surface area contributed by atoms with Crippen LogP contribution >= 0.6 is 0 Å². The van der Waals surface area contributed by atoms with E-state index in [1.165, 1.54) is 11.1 Å². The van der Waals surface area contributed by atoms with Crippen LogP contribution in [0.2, 0.25) is 0 Å². The minimum absolute atomic E-state index is 0.134. The zero-order valence-electron chi connectivity index (χ0n) is 16.0. The molecule has 2 aromatic rings. The molecule has 0 radical (unpaired) electrons. The van der Waals surface area contributed by atoms with Gasteiger partial charge in [-0.05, 0) is 73.9 Å². The van der Waals surface area contributed by atoms with Crippen molar-refractivity contribution in [3.8, 4) is 5.75 Å². The molecule has 2 heteroatoms. The maximum atomic E-state index is 12.3. The quantitative estimate of drug-likeness (QED) is 0.619. The van der Waals surface area contributed by atoms with Gasteiger partial charge in [-0.25, -0.2) is 0 Å². The van der Waals surface area contributed by atoms with Crippen LogP contribution in [0.1, 0.15) is 49.4 Å². The predicted octanol–water partition coefficient (Wildman–Crippen LogP) is 5.56. The van der Waals surface area contributed by atoms with Crippen LogP contribution in [0.4, 0.5) is 0 Å². The summed E-state index contributed by atoms with van der Waals surface area (Å²) in [5.41, 5.74) is 6.62. The maximum absolute atomic E-state index is 12.3. The number of ether oxygens (including phenoxy) is 1. The summed E-state index contributed by atoms with van der Waals surface area (Å²) in [4.78, 5) is 12.3. The van der Waals surface area contributed by atoms with Crippen molar-refractivity contribution in [3.05, 3.63) is 70.3 Å². The molecule has 0 fully saturated rings. The Balaban J connectivity index is 2.44. The first kappa shape index (κ1) is 19.0. The highest BCUT2D eigenvalue weighted by Crippen LogP contribution is 2.34. The average molecular weight is 336 g/mol. The topological polar surface area (TPSA) is 26.3 Å². The van der Waals surface area contributed by atoms with Gasteiger partial charge in [0.25, 0.3) is 0 Å². The number of benzene rings is 2. The molecule has 0 heterocycles. The van der Waals surface area contributed by atoms with Crippen LogP contribution in [0.25, 0.3) is 5.57 Å². The van der Waals surface area contributed by atoms with Gasteiger partial charge in [0.15, 0.2) is 5.78 Å². The van der Waals surface area contributed by atoms with E-state index >= 15 is 0 Å². The van der Waals surface area contributed by atoms with E-state index in [4.69, 9.17) is 4.74 Å². The van der Waals surface area contributed by atoms with Crippen molar-refractivity contribution in [2.75, 3.05) is 7.11 Å². The van der Waals surface area contributed by atoms with Crippen molar-refractivity contribution < 1.29 is 9.53 Å². The molecule has 0 amide bonds. The van der Waals surface area contributed by atoms with E-state index in [2.05, 4.69) is 38.1 Å². The Morgan fingerprint density at radius 1 is 1.04 bits per heavy atom. The molecule has 0 N–H and O–H groups in total. The van der Waals surface area contributed by atoms with E-state index in [-0.39, 0.29) is 5.78 Å². The first-order valence-corrected chi connectivity index (χ1v) is 8.90. The molecule has 2 rings (SSSR count). The number of ketones is 1. The largest absolute Gasteiger partial charge is 0.496 e. The number of carbonyl (C=O) groups is 1. The molecule has 0 aliphatic rings. The Morgan fingerprint density at radius 3 is 2.28 bits per heavy atom. The van der Waals surface area contributed by atoms with E-state index in [9.17, 15) is 4.79 Å². The van der Waals surface area contributed by atoms with Crippen molar-refractivity contribution in [1.29, 1.82) is 0 Å². The Kier molecular flexibility index (Phi) is 6.58. The first-order chi connectivity index (χ1) is 12.0. The van der Waals surface area contributed by atoms with Crippen LogP contribution in [0.5, 0.6) is 5.75 Å². The maximum Gasteiger partial charge on any atom is 0.156 e. The Labute approximate surface area is 151 Å². The summed E-state index contributed by atoms with van der Waals surface area (Å²) in [5, 5.41) is 0. The third kappa shape index (κ3) is 4.60. The second-order valence-electron chi connectivity index (χ2n) is 6.49. The lowest BCUT2D eigenvalue weighted by Crippen LogP contribution is -2.05. The summed E-state index contributed by atoms with van der Waals surface area (Å²) < 4.78 is 5.64. The molecule has 0 saturated heterocycles. The summed E-state index contributed by atoms with van der Waals surface area (Å²) in [7, 11) is 1.70. The molecule has 25 heavy (non-hydrogen) atoms. The molecule has 0 aliphatic carbocycles. The number of aryl methyl sites for hydroxylation is 3. The van der Waals surface area contributed by atoms with Crippen molar-refractivity contribution in [3.63, 3.8) is 0 Å². The Morgan fingerprint density at radius 2 is 1.72 bits per heavy atom. The van der Waals surface area contributed by atoms with Gasteiger partial charge in [0.05, 0.1) is 7.11 Å². The number of allylic oxidation sites excluding steroid dienone is 2. The second-order valence-corrected chi connectivity index (χ2v) is 6.49. The fraction of sp³-hybridized carbons (Fsp3) is 0.348. The van der Waals surface area contributed by atoms with Gasteiger partial charge < -0.3 is 4.74 Å². The zero-order valence-corrected chi connectivity index (χ0v) is 16.0. The van der Waals surface area contributed by atoms with Gasteiger partial charge in [-0.1, -0.05) is 43.3 Å². The highest BCUT2D eigenvalue weighted by Gasteiger charge is 2.16. The van der Waals surface area contributed by atoms with Crippen molar-refractivity contribution in [1.82, 2.24) is 0 Å². The van der Waals surface area contributed by atoms with E-state index in [1.54, 1.807) is 14.0 Å². The number of methoxy groups -OCH3 is 1. The van der Waals surface area contributed by atoms with E-state index in [0.29, 0.717) is 0 Å². The molecule has 0 aliphatic heterocycles. The summed E-state index contributed by atoms with van der Waals surface area (Å²) in [6.07, 6.45) is 2.57. The van der Waals surface area contributed by atoms with Crippen LogP contribution < -0.4 is 4.74 Å². The van der Waals surface area contributed by atoms with Gasteiger partial charge in [0, 0.05) is 5.56 Å².